The van der Waals surface area contributed by atoms with Gasteiger partial charge in [0.05, 0.1) is 74.0 Å². The highest BCUT2D eigenvalue weighted by atomic mass is 127. The largest absolute Gasteiger partial charge is 1.00 e. The van der Waals surface area contributed by atoms with Crippen LogP contribution in [-0.2, 0) is 6.54 Å². The minimum Gasteiger partial charge on any atom is -1.00 e. The molecule has 190 valence electrons. The second-order valence-electron chi connectivity index (χ2n) is 9.11. The number of hydrogen-bond donors (Lipinski definition) is 0. The number of nitrogens with zero attached hydrogens (tertiary/aromatic N) is 3. The molecule has 1 rings (SSSR count). The summed E-state index contributed by atoms with van der Waals surface area (Å²) in [7, 11) is 8.90. The number of rotatable bonds is 9. The van der Waals surface area contributed by atoms with E-state index in [1.807, 2.05) is 0 Å². The molecule has 0 atom stereocenters. The summed E-state index contributed by atoms with van der Waals surface area (Å²) in [4.78, 5) is 0. The van der Waals surface area contributed by atoms with Crippen LogP contribution >= 0.6 is 0 Å². The van der Waals surface area contributed by atoms with Gasteiger partial charge in [-0.1, -0.05) is 30.3 Å². The fourth-order valence-corrected chi connectivity index (χ4v) is 3.14. The SMILES string of the molecule is CC[N+](C)(CC)CC.CC[N+](CC)(CC)CC.C[N+](C)(C)Cc1ccccc1.[Br-].[Cl-].[I-]. The van der Waals surface area contributed by atoms with Crippen LogP contribution in [0.4, 0.5) is 0 Å². The summed E-state index contributed by atoms with van der Waals surface area (Å²) in [5, 5.41) is 0. The van der Waals surface area contributed by atoms with Crippen LogP contribution in [0.2, 0.25) is 0 Å². The van der Waals surface area contributed by atoms with Crippen molar-refractivity contribution >= 4 is 0 Å². The maximum absolute atomic E-state index is 2.29. The third kappa shape index (κ3) is 20.9. The Hall–Kier alpha value is 0.600. The van der Waals surface area contributed by atoms with Gasteiger partial charge in [0, 0.05) is 5.56 Å². The number of quaternary nitrogens is 3. The van der Waals surface area contributed by atoms with Gasteiger partial charge in [-0.05, 0) is 48.5 Å². The molecule has 0 saturated carbocycles. The van der Waals surface area contributed by atoms with Gasteiger partial charge in [0.2, 0.25) is 0 Å². The van der Waals surface area contributed by atoms with E-state index >= 15 is 0 Å². The van der Waals surface area contributed by atoms with E-state index in [2.05, 4.69) is 107 Å². The van der Waals surface area contributed by atoms with Gasteiger partial charge in [0.15, 0.2) is 0 Å². The van der Waals surface area contributed by atoms with Gasteiger partial charge in [0.1, 0.15) is 6.54 Å². The lowest BCUT2D eigenvalue weighted by Gasteiger charge is -2.34. The lowest BCUT2D eigenvalue weighted by molar-refractivity contribution is -0.921. The molecule has 0 N–H and O–H groups in total. The van der Waals surface area contributed by atoms with Crippen molar-refractivity contribution < 1.29 is 66.8 Å². The Bertz CT molecular complexity index is 448. The highest BCUT2D eigenvalue weighted by molar-refractivity contribution is 5.13. The Labute approximate surface area is 230 Å². The molecule has 6 heteroatoms. The number of hydrogen-bond acceptors (Lipinski definition) is 0. The van der Waals surface area contributed by atoms with Gasteiger partial charge in [-0.15, -0.1) is 0 Å². The summed E-state index contributed by atoms with van der Waals surface area (Å²) >= 11 is 0. The lowest BCUT2D eigenvalue weighted by atomic mass is 10.2. The predicted octanol–water partition coefficient (Wildman–Crippen LogP) is -3.72. The third-order valence-electron chi connectivity index (χ3n) is 6.47. The second-order valence-corrected chi connectivity index (χ2v) is 9.11. The van der Waals surface area contributed by atoms with E-state index in [1.54, 1.807) is 0 Å². The standard InChI is InChI=1S/C10H16N.C8H20N.C7H18N.BrH.ClH.HI/c1-11(2,3)9-10-7-5-4-6-8-10;1-5-9(6-2,7-3)8-4;1-5-8(4,6-2)7-3;;;/h4-8H,9H2,1-3H3;5-8H2,1-4H3;5-7H2,1-4H3;3*1H/q3*+1;;;/p-3. The minimum atomic E-state index is 0. The van der Waals surface area contributed by atoms with Crippen molar-refractivity contribution in [2.75, 3.05) is 74.0 Å². The van der Waals surface area contributed by atoms with Crippen molar-refractivity contribution in [2.45, 2.75) is 55.0 Å². The van der Waals surface area contributed by atoms with Crippen molar-refractivity contribution in [1.29, 1.82) is 0 Å². The van der Waals surface area contributed by atoms with Gasteiger partial charge < -0.3 is 66.8 Å². The normalized spacial score (nSPS) is 10.7. The Morgan fingerprint density at radius 1 is 0.581 bits per heavy atom. The lowest BCUT2D eigenvalue weighted by Crippen LogP contribution is -3.00. The van der Waals surface area contributed by atoms with Crippen LogP contribution in [0.25, 0.3) is 0 Å². The van der Waals surface area contributed by atoms with E-state index in [4.69, 9.17) is 0 Å². The van der Waals surface area contributed by atoms with Gasteiger partial charge in [-0.2, -0.15) is 0 Å². The fourth-order valence-electron chi connectivity index (χ4n) is 3.14. The average molecular weight is 639 g/mol. The van der Waals surface area contributed by atoms with Crippen LogP contribution in [0.3, 0.4) is 0 Å². The molecule has 0 spiro atoms. The first kappa shape index (κ1) is 41.8. The smallest absolute Gasteiger partial charge is 0.104 e. The molecule has 0 radical (unpaired) electrons. The van der Waals surface area contributed by atoms with Crippen LogP contribution in [0.15, 0.2) is 30.3 Å². The first-order valence-electron chi connectivity index (χ1n) is 11.5. The summed E-state index contributed by atoms with van der Waals surface area (Å²) in [5.74, 6) is 0. The molecule has 1 aromatic carbocycles. The summed E-state index contributed by atoms with van der Waals surface area (Å²) in [6.07, 6.45) is 0. The molecule has 1 aromatic rings. The highest BCUT2D eigenvalue weighted by Crippen LogP contribution is 2.05. The van der Waals surface area contributed by atoms with Gasteiger partial charge >= 0.3 is 0 Å². The van der Waals surface area contributed by atoms with E-state index in [0.29, 0.717) is 0 Å². The first-order valence-corrected chi connectivity index (χ1v) is 11.5. The predicted molar refractivity (Wildman–Crippen MR) is 128 cm³/mol. The van der Waals surface area contributed by atoms with Crippen molar-refractivity contribution in [1.82, 2.24) is 0 Å². The van der Waals surface area contributed by atoms with E-state index in [-0.39, 0.29) is 53.4 Å². The van der Waals surface area contributed by atoms with Gasteiger partial charge in [-0.3, -0.25) is 0 Å². The zero-order valence-electron chi connectivity index (χ0n) is 22.5. The molecule has 0 aromatic heterocycles. The Balaban J connectivity index is -0.000000106. The van der Waals surface area contributed by atoms with Crippen LogP contribution < -0.4 is 53.4 Å². The second kappa shape index (κ2) is 22.4. The Morgan fingerprint density at radius 2 is 0.903 bits per heavy atom. The zero-order chi connectivity index (χ0) is 22.3. The highest BCUT2D eigenvalue weighted by Gasteiger charge is 2.16. The summed E-state index contributed by atoms with van der Waals surface area (Å²) in [5.41, 5.74) is 1.40. The zero-order valence-corrected chi connectivity index (χ0v) is 27.0. The maximum atomic E-state index is 2.29. The van der Waals surface area contributed by atoms with Gasteiger partial charge in [0.25, 0.3) is 0 Å². The summed E-state index contributed by atoms with van der Waals surface area (Å²) < 4.78 is 3.48. The molecular formula is C25H54BrClIN3. The Morgan fingerprint density at radius 3 is 1.06 bits per heavy atom. The third-order valence-corrected chi connectivity index (χ3v) is 6.47. The quantitative estimate of drug-likeness (QED) is 0.193. The number of halogens is 3. The summed E-state index contributed by atoms with van der Waals surface area (Å²) in [6, 6.07) is 10.6. The molecule has 0 saturated heterocycles. The van der Waals surface area contributed by atoms with E-state index < -0.39 is 0 Å². The Kier molecular flexibility index (Phi) is 30.2. The monoisotopic (exact) mass is 637 g/mol. The topological polar surface area (TPSA) is 0 Å². The molecule has 0 amide bonds. The molecule has 31 heavy (non-hydrogen) atoms. The van der Waals surface area contributed by atoms with Crippen molar-refractivity contribution in [3.63, 3.8) is 0 Å². The van der Waals surface area contributed by atoms with E-state index in [1.165, 1.54) is 60.3 Å². The van der Waals surface area contributed by atoms with Crippen molar-refractivity contribution in [2.24, 2.45) is 0 Å². The molecular weight excluding hydrogens is 585 g/mol. The molecule has 0 fully saturated rings. The molecule has 0 bridgehead atoms. The van der Waals surface area contributed by atoms with Crippen LogP contribution in [0.5, 0.6) is 0 Å². The average Bonchev–Trinajstić information content (AvgIpc) is 2.70. The maximum Gasteiger partial charge on any atom is 0.104 e. The fraction of sp³-hybridized carbons (Fsp3) is 0.760. The van der Waals surface area contributed by atoms with Crippen LogP contribution in [0, 0.1) is 0 Å². The van der Waals surface area contributed by atoms with Crippen molar-refractivity contribution in [3.8, 4) is 0 Å². The molecule has 0 aliphatic rings. The first-order chi connectivity index (χ1) is 13.0. The van der Waals surface area contributed by atoms with Crippen molar-refractivity contribution in [3.05, 3.63) is 35.9 Å². The van der Waals surface area contributed by atoms with Gasteiger partial charge in [-0.25, -0.2) is 0 Å². The van der Waals surface area contributed by atoms with Crippen LogP contribution in [0.1, 0.15) is 54.0 Å². The molecule has 0 aliphatic carbocycles. The van der Waals surface area contributed by atoms with E-state index in [0.717, 1.165) is 11.0 Å². The molecule has 3 nitrogen and oxygen atoms in total. The minimum absolute atomic E-state index is 0. The molecule has 0 unspecified atom stereocenters. The van der Waals surface area contributed by atoms with E-state index in [9.17, 15) is 0 Å². The summed E-state index contributed by atoms with van der Waals surface area (Å²) in [6.45, 7) is 25.8. The molecule has 0 heterocycles. The number of benzene rings is 1. The van der Waals surface area contributed by atoms with Crippen LogP contribution in [-0.4, -0.2) is 87.5 Å². The molecule has 0 aliphatic heterocycles.